The van der Waals surface area contributed by atoms with Gasteiger partial charge in [0.05, 0.1) is 34.1 Å². The predicted octanol–water partition coefficient (Wildman–Crippen LogP) is 4.09. The van der Waals surface area contributed by atoms with Crippen LogP contribution in [-0.2, 0) is 0 Å². The van der Waals surface area contributed by atoms with Gasteiger partial charge in [-0.05, 0) is 43.4 Å². The van der Waals surface area contributed by atoms with Crippen LogP contribution in [0.15, 0.2) is 64.5 Å². The second-order valence-electron chi connectivity index (χ2n) is 5.87. The predicted molar refractivity (Wildman–Crippen MR) is 110 cm³/mol. The molecular weight excluding hydrogens is 382 g/mol. The van der Waals surface area contributed by atoms with Crippen LogP contribution < -0.4 is 5.56 Å². The van der Waals surface area contributed by atoms with E-state index in [2.05, 4.69) is 15.2 Å². The number of H-pyrrole nitrogens is 1. The van der Waals surface area contributed by atoms with Crippen LogP contribution in [-0.4, -0.2) is 25.7 Å². The van der Waals surface area contributed by atoms with Crippen molar-refractivity contribution >= 4 is 40.9 Å². The maximum absolute atomic E-state index is 12.7. The third kappa shape index (κ3) is 3.11. The van der Waals surface area contributed by atoms with Crippen molar-refractivity contribution in [3.63, 3.8) is 0 Å². The van der Waals surface area contributed by atoms with E-state index in [1.54, 1.807) is 22.9 Å². The van der Waals surface area contributed by atoms with E-state index in [9.17, 15) is 4.79 Å². The zero-order chi connectivity index (χ0) is 19.0. The van der Waals surface area contributed by atoms with Gasteiger partial charge in [-0.2, -0.15) is 14.9 Å². The van der Waals surface area contributed by atoms with E-state index in [1.165, 1.54) is 6.21 Å². The van der Waals surface area contributed by atoms with Gasteiger partial charge in [0, 0.05) is 0 Å². The molecule has 0 aliphatic carbocycles. The van der Waals surface area contributed by atoms with Crippen LogP contribution >= 0.6 is 23.8 Å². The molecule has 0 aliphatic rings. The molecule has 0 spiro atoms. The second kappa shape index (κ2) is 6.94. The normalized spacial score (nSPS) is 11.5. The molecule has 0 atom stereocenters. The number of nitrogens with one attached hydrogen (secondary N) is 1. The summed E-state index contributed by atoms with van der Waals surface area (Å²) in [4.78, 5) is 15.7. The van der Waals surface area contributed by atoms with Crippen molar-refractivity contribution in [3.8, 4) is 5.69 Å². The van der Waals surface area contributed by atoms with E-state index in [1.807, 2.05) is 43.3 Å². The summed E-state index contributed by atoms with van der Waals surface area (Å²) >= 11 is 11.8. The van der Waals surface area contributed by atoms with Gasteiger partial charge in [-0.15, -0.1) is 0 Å². The number of nitrogens with zero attached hydrogens (tertiary/aromatic N) is 4. The average Bonchev–Trinajstić information content (AvgIpc) is 2.96. The highest BCUT2D eigenvalue weighted by atomic mass is 35.5. The summed E-state index contributed by atoms with van der Waals surface area (Å²) in [7, 11) is 0. The molecule has 134 valence electrons. The molecule has 2 aromatic heterocycles. The molecule has 8 heteroatoms. The summed E-state index contributed by atoms with van der Waals surface area (Å²) in [5.74, 6) is 0. The van der Waals surface area contributed by atoms with Crippen LogP contribution in [0.4, 0.5) is 0 Å². The lowest BCUT2D eigenvalue weighted by atomic mass is 10.2. The number of para-hydroxylation sites is 2. The van der Waals surface area contributed by atoms with Crippen molar-refractivity contribution in [2.75, 3.05) is 0 Å². The summed E-state index contributed by atoms with van der Waals surface area (Å²) in [6.45, 7) is 1.83. The van der Waals surface area contributed by atoms with Crippen LogP contribution in [0, 0.1) is 11.7 Å². The van der Waals surface area contributed by atoms with E-state index < -0.39 is 0 Å². The minimum absolute atomic E-state index is 0.208. The van der Waals surface area contributed by atoms with E-state index in [4.69, 9.17) is 23.8 Å². The molecule has 0 radical (unpaired) electrons. The first-order valence-electron chi connectivity index (χ1n) is 8.15. The molecule has 4 aromatic rings. The molecule has 0 saturated carbocycles. The number of benzene rings is 2. The summed E-state index contributed by atoms with van der Waals surface area (Å²) in [6, 6.07) is 16.7. The fourth-order valence-corrected chi connectivity index (χ4v) is 3.33. The van der Waals surface area contributed by atoms with Gasteiger partial charge >= 0.3 is 0 Å². The summed E-state index contributed by atoms with van der Waals surface area (Å²) in [5, 5.41) is 9.63. The molecule has 0 saturated heterocycles. The van der Waals surface area contributed by atoms with E-state index in [-0.39, 0.29) is 10.3 Å². The number of hydrogen-bond acceptors (Lipinski definition) is 4. The lowest BCUT2D eigenvalue weighted by Gasteiger charge is -2.03. The van der Waals surface area contributed by atoms with Crippen molar-refractivity contribution in [3.05, 3.63) is 86.1 Å². The highest BCUT2D eigenvalue weighted by Crippen LogP contribution is 2.22. The maximum atomic E-state index is 12.7. The number of aromatic amines is 1. The van der Waals surface area contributed by atoms with E-state index in [0.29, 0.717) is 27.3 Å². The molecule has 6 nitrogen and oxygen atoms in total. The highest BCUT2D eigenvalue weighted by Gasteiger charge is 2.13. The first-order valence-corrected chi connectivity index (χ1v) is 8.94. The van der Waals surface area contributed by atoms with Crippen molar-refractivity contribution in [1.82, 2.24) is 19.4 Å². The van der Waals surface area contributed by atoms with Crippen LogP contribution in [0.2, 0.25) is 5.15 Å². The van der Waals surface area contributed by atoms with Gasteiger partial charge in [-0.25, -0.2) is 4.68 Å². The Morgan fingerprint density at radius 1 is 1.15 bits per heavy atom. The molecule has 0 unspecified atom stereocenters. The largest absolute Gasteiger partial charge is 0.330 e. The molecule has 27 heavy (non-hydrogen) atoms. The lowest BCUT2D eigenvalue weighted by molar-refractivity contribution is 0.799. The molecule has 0 fully saturated rings. The third-order valence-corrected chi connectivity index (χ3v) is 4.77. The van der Waals surface area contributed by atoms with Crippen LogP contribution in [0.5, 0.6) is 0 Å². The molecule has 0 bridgehead atoms. The van der Waals surface area contributed by atoms with Crippen LogP contribution in [0.25, 0.3) is 16.6 Å². The fraction of sp³-hybridized carbons (Fsp3) is 0.0526. The smallest absolute Gasteiger partial charge is 0.282 e. The molecule has 0 amide bonds. The molecular formula is C19H14ClN5OS. The number of halogens is 1. The monoisotopic (exact) mass is 395 g/mol. The standard InChI is InChI=1S/C19H14ClN5OS/c1-12-15(17(20)24(23-12)13-7-3-2-4-8-13)11-21-25-18(26)14-9-5-6-10-16(14)22-19(25)27/h2-11H,1H3,(H,22,27). The van der Waals surface area contributed by atoms with Crippen molar-refractivity contribution in [2.24, 2.45) is 5.10 Å². The Bertz CT molecular complexity index is 1290. The fourth-order valence-electron chi connectivity index (χ4n) is 2.77. The summed E-state index contributed by atoms with van der Waals surface area (Å²) in [6.07, 6.45) is 1.50. The Morgan fingerprint density at radius 3 is 2.63 bits per heavy atom. The molecule has 4 rings (SSSR count). The Balaban J connectivity index is 1.81. The Labute approximate surface area is 164 Å². The van der Waals surface area contributed by atoms with E-state index in [0.717, 1.165) is 10.4 Å². The first-order chi connectivity index (χ1) is 13.1. The Morgan fingerprint density at radius 2 is 1.85 bits per heavy atom. The van der Waals surface area contributed by atoms with Crippen LogP contribution in [0.3, 0.4) is 0 Å². The van der Waals surface area contributed by atoms with Gasteiger partial charge in [-0.1, -0.05) is 41.9 Å². The van der Waals surface area contributed by atoms with Gasteiger partial charge in [0.25, 0.3) is 5.56 Å². The van der Waals surface area contributed by atoms with Gasteiger partial charge in [-0.3, -0.25) is 4.79 Å². The SMILES string of the molecule is Cc1nn(-c2ccccc2)c(Cl)c1C=Nn1c(=S)[nH]c2ccccc2c1=O. The van der Waals surface area contributed by atoms with Gasteiger partial charge in [0.1, 0.15) is 5.15 Å². The first kappa shape index (κ1) is 17.4. The zero-order valence-corrected chi connectivity index (χ0v) is 15.8. The summed E-state index contributed by atoms with van der Waals surface area (Å²) < 4.78 is 2.98. The van der Waals surface area contributed by atoms with Crippen molar-refractivity contribution in [1.29, 1.82) is 0 Å². The Kier molecular flexibility index (Phi) is 4.47. The second-order valence-corrected chi connectivity index (χ2v) is 6.62. The number of fused-ring (bicyclic) bond motifs is 1. The third-order valence-electron chi connectivity index (χ3n) is 4.13. The number of rotatable bonds is 3. The quantitative estimate of drug-likeness (QED) is 0.419. The van der Waals surface area contributed by atoms with Gasteiger partial charge in [0.2, 0.25) is 4.77 Å². The van der Waals surface area contributed by atoms with Crippen molar-refractivity contribution < 1.29 is 0 Å². The summed E-state index contributed by atoms with van der Waals surface area (Å²) in [5.41, 5.74) is 2.52. The van der Waals surface area contributed by atoms with Gasteiger partial charge < -0.3 is 4.98 Å². The molecule has 2 aromatic carbocycles. The zero-order valence-electron chi connectivity index (χ0n) is 14.3. The topological polar surface area (TPSA) is 68.0 Å². The number of aryl methyl sites for hydroxylation is 1. The minimum Gasteiger partial charge on any atom is -0.330 e. The lowest BCUT2D eigenvalue weighted by Crippen LogP contribution is -2.18. The molecule has 0 aliphatic heterocycles. The van der Waals surface area contributed by atoms with Crippen LogP contribution in [0.1, 0.15) is 11.3 Å². The Hall–Kier alpha value is -3.03. The number of aromatic nitrogens is 4. The highest BCUT2D eigenvalue weighted by molar-refractivity contribution is 7.71. The minimum atomic E-state index is -0.296. The van der Waals surface area contributed by atoms with Crippen molar-refractivity contribution in [2.45, 2.75) is 6.92 Å². The maximum Gasteiger partial charge on any atom is 0.282 e. The van der Waals surface area contributed by atoms with Gasteiger partial charge in [0.15, 0.2) is 0 Å². The molecule has 2 heterocycles. The number of hydrogen-bond donors (Lipinski definition) is 1. The average molecular weight is 396 g/mol. The molecule has 1 N–H and O–H groups in total. The van der Waals surface area contributed by atoms with E-state index >= 15 is 0 Å².